The summed E-state index contributed by atoms with van der Waals surface area (Å²) < 4.78 is 5.05. The molecule has 0 aromatic carbocycles. The predicted molar refractivity (Wildman–Crippen MR) is 44.6 cm³/mol. The minimum Gasteiger partial charge on any atom is -0.481 e. The maximum absolute atomic E-state index is 10.4. The molecular formula is C8H14O6. The lowest BCUT2D eigenvalue weighted by molar-refractivity contribution is -0.219. The van der Waals surface area contributed by atoms with Crippen LogP contribution in [-0.4, -0.2) is 56.9 Å². The van der Waals surface area contributed by atoms with Gasteiger partial charge in [0, 0.05) is 0 Å². The largest absolute Gasteiger partial charge is 0.481 e. The molecule has 0 radical (unpaired) electrons. The van der Waals surface area contributed by atoms with Crippen LogP contribution in [-0.2, 0) is 9.53 Å². The molecule has 0 unspecified atom stereocenters. The van der Waals surface area contributed by atoms with Crippen LogP contribution >= 0.6 is 0 Å². The molecule has 0 amide bonds. The van der Waals surface area contributed by atoms with E-state index in [1.165, 1.54) is 6.92 Å². The van der Waals surface area contributed by atoms with Crippen LogP contribution in [0.5, 0.6) is 0 Å². The van der Waals surface area contributed by atoms with E-state index >= 15 is 0 Å². The summed E-state index contributed by atoms with van der Waals surface area (Å²) in [5.74, 6) is -1.12. The summed E-state index contributed by atoms with van der Waals surface area (Å²) in [5, 5.41) is 36.5. The number of aliphatic carboxylic acids is 1. The molecule has 82 valence electrons. The lowest BCUT2D eigenvalue weighted by Gasteiger charge is -2.38. The second-order valence-electron chi connectivity index (χ2n) is 3.45. The Labute approximate surface area is 80.7 Å². The van der Waals surface area contributed by atoms with Crippen molar-refractivity contribution in [2.45, 2.75) is 43.9 Å². The molecule has 4 N–H and O–H groups in total. The first-order valence-corrected chi connectivity index (χ1v) is 4.35. The van der Waals surface area contributed by atoms with E-state index in [2.05, 4.69) is 0 Å². The summed E-state index contributed by atoms with van der Waals surface area (Å²) >= 11 is 0. The van der Waals surface area contributed by atoms with E-state index in [4.69, 9.17) is 9.84 Å². The fourth-order valence-electron chi connectivity index (χ4n) is 1.48. The summed E-state index contributed by atoms with van der Waals surface area (Å²) in [6.45, 7) is 1.51. The lowest BCUT2D eigenvalue weighted by atomic mass is 9.94. The molecule has 6 heteroatoms. The first-order chi connectivity index (χ1) is 6.43. The van der Waals surface area contributed by atoms with Gasteiger partial charge in [0.2, 0.25) is 0 Å². The van der Waals surface area contributed by atoms with E-state index in [1.54, 1.807) is 0 Å². The smallest absolute Gasteiger partial charge is 0.306 e. The number of carbonyl (C=O) groups is 1. The molecule has 1 saturated heterocycles. The van der Waals surface area contributed by atoms with Gasteiger partial charge in [0.25, 0.3) is 0 Å². The molecule has 6 nitrogen and oxygen atoms in total. The van der Waals surface area contributed by atoms with Gasteiger partial charge >= 0.3 is 5.97 Å². The van der Waals surface area contributed by atoms with Gasteiger partial charge in [0.05, 0.1) is 18.6 Å². The molecule has 1 fully saturated rings. The van der Waals surface area contributed by atoms with E-state index in [0.717, 1.165) is 0 Å². The molecule has 0 aromatic heterocycles. The van der Waals surface area contributed by atoms with Crippen molar-refractivity contribution in [3.05, 3.63) is 0 Å². The molecule has 0 saturated carbocycles. The molecule has 1 rings (SSSR count). The van der Waals surface area contributed by atoms with Crippen molar-refractivity contribution in [1.29, 1.82) is 0 Å². The molecule has 0 aromatic rings. The number of carboxylic acids is 1. The molecule has 1 aliphatic heterocycles. The van der Waals surface area contributed by atoms with E-state index in [-0.39, 0.29) is 0 Å². The quantitative estimate of drug-likeness (QED) is 0.430. The van der Waals surface area contributed by atoms with Crippen LogP contribution in [0.2, 0.25) is 0 Å². The first-order valence-electron chi connectivity index (χ1n) is 4.35. The molecule has 1 aliphatic rings. The maximum Gasteiger partial charge on any atom is 0.306 e. The minimum absolute atomic E-state index is 0.394. The minimum atomic E-state index is -1.36. The van der Waals surface area contributed by atoms with Gasteiger partial charge in [0.1, 0.15) is 18.3 Å². The Hall–Kier alpha value is -0.690. The number of aliphatic hydroxyl groups excluding tert-OH is 3. The van der Waals surface area contributed by atoms with Crippen LogP contribution < -0.4 is 0 Å². The van der Waals surface area contributed by atoms with Gasteiger partial charge in [-0.2, -0.15) is 0 Å². The Morgan fingerprint density at radius 3 is 2.29 bits per heavy atom. The first kappa shape index (κ1) is 11.4. The Morgan fingerprint density at radius 1 is 1.21 bits per heavy atom. The van der Waals surface area contributed by atoms with E-state index in [0.29, 0.717) is 0 Å². The van der Waals surface area contributed by atoms with Crippen molar-refractivity contribution in [3.63, 3.8) is 0 Å². The van der Waals surface area contributed by atoms with Crippen molar-refractivity contribution < 1.29 is 30.0 Å². The van der Waals surface area contributed by atoms with Crippen molar-refractivity contribution in [3.8, 4) is 0 Å². The fraction of sp³-hybridized carbons (Fsp3) is 0.875. The zero-order chi connectivity index (χ0) is 10.9. The van der Waals surface area contributed by atoms with Crippen molar-refractivity contribution in [2.75, 3.05) is 0 Å². The molecule has 0 spiro atoms. The van der Waals surface area contributed by atoms with Gasteiger partial charge in [0.15, 0.2) is 0 Å². The van der Waals surface area contributed by atoms with E-state index in [9.17, 15) is 20.1 Å². The van der Waals surface area contributed by atoms with Crippen molar-refractivity contribution in [1.82, 2.24) is 0 Å². The normalized spacial score (nSPS) is 43.6. The maximum atomic E-state index is 10.4. The number of aliphatic hydroxyl groups is 3. The Morgan fingerprint density at radius 2 is 1.79 bits per heavy atom. The van der Waals surface area contributed by atoms with Crippen LogP contribution in [0.15, 0.2) is 0 Å². The average molecular weight is 206 g/mol. The summed E-state index contributed by atoms with van der Waals surface area (Å²) in [6, 6.07) is 0. The SMILES string of the molecule is C[C@@H]1O[C@@H](CC(=O)O)[C@@H](O)[C@H](O)[C@@H]1O. The van der Waals surface area contributed by atoms with E-state index < -0.39 is 42.9 Å². The van der Waals surface area contributed by atoms with Gasteiger partial charge in [-0.1, -0.05) is 0 Å². The third kappa shape index (κ3) is 2.21. The third-order valence-electron chi connectivity index (χ3n) is 2.33. The molecule has 1 heterocycles. The topological polar surface area (TPSA) is 107 Å². The second kappa shape index (κ2) is 4.22. The summed E-state index contributed by atoms with van der Waals surface area (Å²) in [4.78, 5) is 10.4. The van der Waals surface area contributed by atoms with Crippen LogP contribution in [0.3, 0.4) is 0 Å². The molecule has 0 aliphatic carbocycles. The van der Waals surface area contributed by atoms with Gasteiger partial charge in [-0.15, -0.1) is 0 Å². The average Bonchev–Trinajstić information content (AvgIpc) is 2.10. The zero-order valence-corrected chi connectivity index (χ0v) is 7.70. The highest BCUT2D eigenvalue weighted by Gasteiger charge is 2.42. The Kier molecular flexibility index (Phi) is 3.43. The molecule has 5 atom stereocenters. The van der Waals surface area contributed by atoms with E-state index in [1.807, 2.05) is 0 Å². The van der Waals surface area contributed by atoms with Crippen LogP contribution in [0.25, 0.3) is 0 Å². The third-order valence-corrected chi connectivity index (χ3v) is 2.33. The fourth-order valence-corrected chi connectivity index (χ4v) is 1.48. The van der Waals surface area contributed by atoms with Gasteiger partial charge in [-0.3, -0.25) is 4.79 Å². The van der Waals surface area contributed by atoms with Crippen LogP contribution in [0.4, 0.5) is 0 Å². The highest BCUT2D eigenvalue weighted by molar-refractivity contribution is 5.67. The number of rotatable bonds is 2. The summed E-state index contributed by atoms with van der Waals surface area (Å²) in [6.07, 6.45) is -5.95. The number of hydrogen-bond donors (Lipinski definition) is 4. The second-order valence-corrected chi connectivity index (χ2v) is 3.45. The highest BCUT2D eigenvalue weighted by atomic mass is 16.5. The summed E-state index contributed by atoms with van der Waals surface area (Å²) in [5.41, 5.74) is 0. The Bertz CT molecular complexity index is 218. The standard InChI is InChI=1S/C8H14O6/c1-3-6(11)8(13)7(12)4(14-3)2-5(9)10/h3-4,6-8,11-13H,2H2,1H3,(H,9,10)/t3-,4-,6+,7+,8+/m0/s1. The Balaban J connectivity index is 2.65. The zero-order valence-electron chi connectivity index (χ0n) is 7.70. The molecular weight excluding hydrogens is 192 g/mol. The van der Waals surface area contributed by atoms with Gasteiger partial charge < -0.3 is 25.2 Å². The number of ether oxygens (including phenoxy) is 1. The monoisotopic (exact) mass is 206 g/mol. The molecule has 0 bridgehead atoms. The van der Waals surface area contributed by atoms with Gasteiger partial charge in [-0.05, 0) is 6.92 Å². The lowest BCUT2D eigenvalue weighted by Crippen LogP contribution is -2.56. The van der Waals surface area contributed by atoms with Gasteiger partial charge in [-0.25, -0.2) is 0 Å². The predicted octanol–water partition coefficient (Wildman–Crippen LogP) is -1.67. The van der Waals surface area contributed by atoms with Crippen molar-refractivity contribution >= 4 is 5.97 Å². The van der Waals surface area contributed by atoms with Crippen LogP contribution in [0, 0.1) is 0 Å². The van der Waals surface area contributed by atoms with Crippen LogP contribution in [0.1, 0.15) is 13.3 Å². The number of hydrogen-bond acceptors (Lipinski definition) is 5. The molecule has 14 heavy (non-hydrogen) atoms. The highest BCUT2D eigenvalue weighted by Crippen LogP contribution is 2.22. The van der Waals surface area contributed by atoms with Crippen molar-refractivity contribution in [2.24, 2.45) is 0 Å². The summed E-state index contributed by atoms with van der Waals surface area (Å²) in [7, 11) is 0. The number of carboxylic acid groups (broad SMARTS) is 1.